The van der Waals surface area contributed by atoms with Gasteiger partial charge in [0.1, 0.15) is 11.8 Å². The first-order chi connectivity index (χ1) is 8.74. The number of likely N-dealkylation sites (tertiary alicyclic amines) is 1. The smallest absolute Gasteiger partial charge is 0.410 e. The fraction of sp³-hybridized carbons (Fsp3) is 0.846. The predicted molar refractivity (Wildman–Crippen MR) is 67.4 cm³/mol. The maximum Gasteiger partial charge on any atom is 0.410 e. The van der Waals surface area contributed by atoms with Gasteiger partial charge in [0.15, 0.2) is 0 Å². The molecule has 0 spiro atoms. The lowest BCUT2D eigenvalue weighted by Gasteiger charge is -2.26. The summed E-state index contributed by atoms with van der Waals surface area (Å²) in [7, 11) is 1.24. The highest BCUT2D eigenvalue weighted by Crippen LogP contribution is 2.23. The number of carbonyl (C=O) groups excluding carboxylic acids is 2. The molecule has 6 heteroatoms. The molecule has 2 atom stereocenters. The van der Waals surface area contributed by atoms with Crippen LogP contribution in [-0.4, -0.2) is 48.9 Å². The van der Waals surface area contributed by atoms with E-state index in [0.717, 1.165) is 0 Å². The zero-order chi connectivity index (χ0) is 14.6. The summed E-state index contributed by atoms with van der Waals surface area (Å²) in [4.78, 5) is 24.8. The number of hydrogen-bond acceptors (Lipinski definition) is 4. The van der Waals surface area contributed by atoms with E-state index in [9.17, 15) is 14.0 Å². The zero-order valence-electron chi connectivity index (χ0n) is 11.9. The summed E-state index contributed by atoms with van der Waals surface area (Å²) in [5, 5.41) is 0. The third-order valence-electron chi connectivity index (χ3n) is 2.98. The summed E-state index contributed by atoms with van der Waals surface area (Å²) in [5.74, 6) is -1.35. The number of nitrogens with zero attached hydrogens (tertiary/aromatic N) is 1. The first-order valence-electron chi connectivity index (χ1n) is 6.44. The van der Waals surface area contributed by atoms with Gasteiger partial charge in [0.25, 0.3) is 0 Å². The van der Waals surface area contributed by atoms with E-state index in [1.165, 1.54) is 12.0 Å². The van der Waals surface area contributed by atoms with E-state index in [-0.39, 0.29) is 19.4 Å². The van der Waals surface area contributed by atoms with Gasteiger partial charge in [-0.25, -0.2) is 9.18 Å². The van der Waals surface area contributed by atoms with Crippen molar-refractivity contribution in [3.63, 3.8) is 0 Å². The highest BCUT2D eigenvalue weighted by Gasteiger charge is 2.34. The molecule has 0 saturated carbocycles. The lowest BCUT2D eigenvalue weighted by atomic mass is 9.99. The third kappa shape index (κ3) is 4.69. The zero-order valence-corrected chi connectivity index (χ0v) is 11.9. The number of amides is 1. The molecule has 1 saturated heterocycles. The fourth-order valence-corrected chi connectivity index (χ4v) is 1.99. The molecular weight excluding hydrogens is 253 g/mol. The van der Waals surface area contributed by atoms with E-state index < -0.39 is 29.8 Å². The van der Waals surface area contributed by atoms with Crippen molar-refractivity contribution in [2.75, 3.05) is 20.2 Å². The lowest BCUT2D eigenvalue weighted by molar-refractivity contribution is -0.147. The number of methoxy groups -OCH3 is 1. The summed E-state index contributed by atoms with van der Waals surface area (Å²) in [6.45, 7) is 5.88. The molecule has 0 aliphatic carbocycles. The Labute approximate surface area is 113 Å². The molecule has 0 radical (unpaired) electrons. The van der Waals surface area contributed by atoms with Crippen molar-refractivity contribution in [2.24, 2.45) is 5.92 Å². The second kappa shape index (κ2) is 6.21. The van der Waals surface area contributed by atoms with Gasteiger partial charge in [0.05, 0.1) is 13.0 Å². The van der Waals surface area contributed by atoms with Crippen LogP contribution in [0, 0.1) is 5.92 Å². The molecule has 1 rings (SSSR count). The number of esters is 1. The second-order valence-electron chi connectivity index (χ2n) is 5.69. The third-order valence-corrected chi connectivity index (χ3v) is 2.98. The second-order valence-corrected chi connectivity index (χ2v) is 5.69. The first-order valence-corrected chi connectivity index (χ1v) is 6.44. The van der Waals surface area contributed by atoms with Gasteiger partial charge in [-0.05, 0) is 33.6 Å². The maximum atomic E-state index is 13.8. The van der Waals surface area contributed by atoms with Crippen LogP contribution in [0.3, 0.4) is 0 Å². The van der Waals surface area contributed by atoms with Gasteiger partial charge in [-0.15, -0.1) is 0 Å². The Morgan fingerprint density at radius 1 is 1.21 bits per heavy atom. The molecule has 0 bridgehead atoms. The van der Waals surface area contributed by atoms with Gasteiger partial charge in [-0.3, -0.25) is 4.79 Å². The van der Waals surface area contributed by atoms with Crippen molar-refractivity contribution in [1.29, 1.82) is 0 Å². The molecule has 1 amide bonds. The fourth-order valence-electron chi connectivity index (χ4n) is 1.99. The normalized spacial score (nSPS) is 24.6. The Balaban J connectivity index is 2.62. The molecule has 0 aromatic rings. The predicted octanol–water partition coefficient (Wildman–Crippen LogP) is 2.14. The standard InChI is InChI=1S/C13H22FNO4/c1-13(2,3)19-12(17)15-7-5-9(11(16)18-4)10(14)6-8-15/h9-10H,5-8H2,1-4H3/t9-,10+/m0/s1. The molecule has 19 heavy (non-hydrogen) atoms. The Morgan fingerprint density at radius 3 is 2.32 bits per heavy atom. The van der Waals surface area contributed by atoms with Crippen LogP contribution >= 0.6 is 0 Å². The van der Waals surface area contributed by atoms with Crippen LogP contribution in [0.2, 0.25) is 0 Å². The van der Waals surface area contributed by atoms with Gasteiger partial charge >= 0.3 is 12.1 Å². The molecule has 1 fully saturated rings. The molecule has 1 heterocycles. The van der Waals surface area contributed by atoms with Gasteiger partial charge < -0.3 is 14.4 Å². The van der Waals surface area contributed by atoms with Gasteiger partial charge in [-0.1, -0.05) is 0 Å². The number of halogens is 1. The highest BCUT2D eigenvalue weighted by atomic mass is 19.1. The summed E-state index contributed by atoms with van der Waals surface area (Å²) >= 11 is 0. The molecular formula is C13H22FNO4. The van der Waals surface area contributed by atoms with Crippen molar-refractivity contribution >= 4 is 12.1 Å². The minimum absolute atomic E-state index is 0.124. The molecule has 0 aromatic heterocycles. The molecule has 0 aromatic carbocycles. The van der Waals surface area contributed by atoms with Crippen molar-refractivity contribution in [2.45, 2.75) is 45.4 Å². The van der Waals surface area contributed by atoms with Crippen LogP contribution in [0.1, 0.15) is 33.6 Å². The van der Waals surface area contributed by atoms with E-state index in [2.05, 4.69) is 4.74 Å². The number of alkyl halides is 1. The van der Waals surface area contributed by atoms with E-state index >= 15 is 0 Å². The van der Waals surface area contributed by atoms with Crippen LogP contribution in [0.15, 0.2) is 0 Å². The minimum Gasteiger partial charge on any atom is -0.469 e. The van der Waals surface area contributed by atoms with E-state index in [0.29, 0.717) is 6.54 Å². The maximum absolute atomic E-state index is 13.8. The van der Waals surface area contributed by atoms with Gasteiger partial charge in [0, 0.05) is 13.1 Å². The van der Waals surface area contributed by atoms with E-state index in [4.69, 9.17) is 4.74 Å². The lowest BCUT2D eigenvalue weighted by Crippen LogP contribution is -2.37. The SMILES string of the molecule is COC(=O)[C@H]1CCN(C(=O)OC(C)(C)C)CC[C@H]1F. The average molecular weight is 275 g/mol. The van der Waals surface area contributed by atoms with Crippen LogP contribution in [-0.2, 0) is 14.3 Å². The van der Waals surface area contributed by atoms with Crippen molar-refractivity contribution in [3.05, 3.63) is 0 Å². The largest absolute Gasteiger partial charge is 0.469 e. The summed E-state index contributed by atoms with van der Waals surface area (Å²) in [6.07, 6.45) is -1.36. The topological polar surface area (TPSA) is 55.8 Å². The van der Waals surface area contributed by atoms with Crippen LogP contribution < -0.4 is 0 Å². The number of hydrogen-bond donors (Lipinski definition) is 0. The first kappa shape index (κ1) is 15.7. The van der Waals surface area contributed by atoms with Crippen molar-refractivity contribution in [1.82, 2.24) is 4.90 Å². The molecule has 110 valence electrons. The number of ether oxygens (including phenoxy) is 2. The van der Waals surface area contributed by atoms with Gasteiger partial charge in [0.2, 0.25) is 0 Å². The van der Waals surface area contributed by atoms with Crippen LogP contribution in [0.4, 0.5) is 9.18 Å². The van der Waals surface area contributed by atoms with E-state index in [1.807, 2.05) is 0 Å². The minimum atomic E-state index is -1.28. The van der Waals surface area contributed by atoms with E-state index in [1.54, 1.807) is 20.8 Å². The Kier molecular flexibility index (Phi) is 5.14. The van der Waals surface area contributed by atoms with Crippen LogP contribution in [0.25, 0.3) is 0 Å². The average Bonchev–Trinajstić information content (AvgIpc) is 2.48. The Hall–Kier alpha value is -1.33. The number of carbonyl (C=O) groups is 2. The molecule has 0 unspecified atom stereocenters. The molecule has 5 nitrogen and oxygen atoms in total. The monoisotopic (exact) mass is 275 g/mol. The summed E-state index contributed by atoms with van der Waals surface area (Å²) in [5.41, 5.74) is -0.583. The summed E-state index contributed by atoms with van der Waals surface area (Å²) in [6, 6.07) is 0. The summed E-state index contributed by atoms with van der Waals surface area (Å²) < 4.78 is 23.7. The van der Waals surface area contributed by atoms with Crippen LogP contribution in [0.5, 0.6) is 0 Å². The van der Waals surface area contributed by atoms with Crippen molar-refractivity contribution in [3.8, 4) is 0 Å². The highest BCUT2D eigenvalue weighted by molar-refractivity contribution is 5.73. The molecule has 1 aliphatic rings. The quantitative estimate of drug-likeness (QED) is 0.688. The Bertz CT molecular complexity index is 340. The van der Waals surface area contributed by atoms with Crippen molar-refractivity contribution < 1.29 is 23.5 Å². The molecule has 0 N–H and O–H groups in total. The number of rotatable bonds is 1. The Morgan fingerprint density at radius 2 is 1.79 bits per heavy atom. The van der Waals surface area contributed by atoms with Gasteiger partial charge in [-0.2, -0.15) is 0 Å². The molecule has 1 aliphatic heterocycles.